The fraction of sp³-hybridized carbons (Fsp3) is 0.692. The zero-order valence-corrected chi connectivity index (χ0v) is 10.9. The normalized spacial score (nSPS) is 13.3. The van der Waals surface area contributed by atoms with Gasteiger partial charge in [0.15, 0.2) is 0 Å². The van der Waals surface area contributed by atoms with Crippen LogP contribution in [-0.4, -0.2) is 13.1 Å². The molecule has 0 spiro atoms. The minimum Gasteiger partial charge on any atom is -0.317 e. The van der Waals surface area contributed by atoms with Crippen LogP contribution >= 0.6 is 11.3 Å². The van der Waals surface area contributed by atoms with E-state index in [-0.39, 0.29) is 0 Å². The molecular formula is C13H23NS. The van der Waals surface area contributed by atoms with Crippen molar-refractivity contribution < 1.29 is 0 Å². The van der Waals surface area contributed by atoms with Crippen molar-refractivity contribution in [3.63, 3.8) is 0 Å². The summed E-state index contributed by atoms with van der Waals surface area (Å²) in [5, 5.41) is 7.90. The molecule has 1 aromatic rings. The molecule has 86 valence electrons. The summed E-state index contributed by atoms with van der Waals surface area (Å²) in [6.07, 6.45) is 5.04. The van der Waals surface area contributed by atoms with Gasteiger partial charge >= 0.3 is 0 Å². The molecule has 15 heavy (non-hydrogen) atoms. The van der Waals surface area contributed by atoms with Crippen LogP contribution in [0.5, 0.6) is 0 Å². The molecule has 1 N–H and O–H groups in total. The molecule has 0 aromatic carbocycles. The van der Waals surface area contributed by atoms with Crippen molar-refractivity contribution in [2.24, 2.45) is 5.92 Å². The second kappa shape index (κ2) is 7.02. The lowest BCUT2D eigenvalue weighted by molar-refractivity contribution is 0.334. The lowest BCUT2D eigenvalue weighted by atomic mass is 9.90. The van der Waals surface area contributed by atoms with E-state index in [4.69, 9.17) is 0 Å². The van der Waals surface area contributed by atoms with Gasteiger partial charge in [-0.25, -0.2) is 0 Å². The van der Waals surface area contributed by atoms with Crippen LogP contribution < -0.4 is 5.32 Å². The van der Waals surface area contributed by atoms with Crippen molar-refractivity contribution in [1.82, 2.24) is 5.32 Å². The predicted molar refractivity (Wildman–Crippen MR) is 69.6 cm³/mol. The van der Waals surface area contributed by atoms with Crippen LogP contribution in [0.4, 0.5) is 0 Å². The second-order valence-corrected chi connectivity index (χ2v) is 4.92. The van der Waals surface area contributed by atoms with E-state index in [2.05, 4.69) is 43.0 Å². The van der Waals surface area contributed by atoms with Gasteiger partial charge in [0.1, 0.15) is 0 Å². The third kappa shape index (κ3) is 3.96. The maximum atomic E-state index is 3.47. The van der Waals surface area contributed by atoms with Gasteiger partial charge in [-0.05, 0) is 48.2 Å². The fourth-order valence-electron chi connectivity index (χ4n) is 2.23. The summed E-state index contributed by atoms with van der Waals surface area (Å²) in [7, 11) is 2.09. The number of hydrogen-bond acceptors (Lipinski definition) is 2. The Hall–Kier alpha value is -0.340. The quantitative estimate of drug-likeness (QED) is 0.746. The molecule has 1 aromatic heterocycles. The Kier molecular flexibility index (Phi) is 5.96. The van der Waals surface area contributed by atoms with Crippen molar-refractivity contribution >= 4 is 11.3 Å². The van der Waals surface area contributed by atoms with Gasteiger partial charge < -0.3 is 5.32 Å². The third-order valence-corrected chi connectivity index (χ3v) is 4.04. The van der Waals surface area contributed by atoms with Crippen LogP contribution in [0.25, 0.3) is 0 Å². The molecule has 0 saturated carbocycles. The maximum absolute atomic E-state index is 3.47. The topological polar surface area (TPSA) is 12.0 Å². The molecule has 0 amide bonds. The minimum atomic E-state index is 0.680. The highest BCUT2D eigenvalue weighted by Crippen LogP contribution is 2.18. The van der Waals surface area contributed by atoms with E-state index in [1.54, 1.807) is 11.3 Å². The highest BCUT2D eigenvalue weighted by atomic mass is 32.1. The monoisotopic (exact) mass is 225 g/mol. The van der Waals surface area contributed by atoms with E-state index in [0.717, 1.165) is 5.92 Å². The molecule has 0 fully saturated rings. The highest BCUT2D eigenvalue weighted by molar-refractivity contribution is 7.07. The van der Waals surface area contributed by atoms with Crippen LogP contribution in [0.15, 0.2) is 16.8 Å². The van der Waals surface area contributed by atoms with Crippen LogP contribution in [0, 0.1) is 5.92 Å². The van der Waals surface area contributed by atoms with E-state index >= 15 is 0 Å². The molecule has 1 atom stereocenters. The highest BCUT2D eigenvalue weighted by Gasteiger charge is 2.16. The third-order valence-electron chi connectivity index (χ3n) is 3.31. The first kappa shape index (κ1) is 12.7. The Bertz CT molecular complexity index is 239. The zero-order valence-electron chi connectivity index (χ0n) is 10.1. The van der Waals surface area contributed by atoms with Crippen molar-refractivity contribution in [2.75, 3.05) is 7.05 Å². The van der Waals surface area contributed by atoms with Gasteiger partial charge in [-0.3, -0.25) is 0 Å². The molecule has 0 aliphatic carbocycles. The Labute approximate surface area is 97.9 Å². The van der Waals surface area contributed by atoms with Gasteiger partial charge in [-0.1, -0.05) is 26.7 Å². The average molecular weight is 225 g/mol. The van der Waals surface area contributed by atoms with Gasteiger partial charge in [0, 0.05) is 6.04 Å². The van der Waals surface area contributed by atoms with Crippen molar-refractivity contribution in [1.29, 1.82) is 0 Å². The summed E-state index contributed by atoms with van der Waals surface area (Å²) in [5.74, 6) is 0.827. The van der Waals surface area contributed by atoms with Crippen molar-refractivity contribution in [3.05, 3.63) is 22.4 Å². The molecule has 1 unspecified atom stereocenters. The molecule has 0 aliphatic heterocycles. The average Bonchev–Trinajstić information content (AvgIpc) is 2.77. The molecule has 0 bridgehead atoms. The summed E-state index contributed by atoms with van der Waals surface area (Å²) in [4.78, 5) is 0. The lowest BCUT2D eigenvalue weighted by Crippen LogP contribution is -2.33. The predicted octanol–water partition coefficient (Wildman–Crippen LogP) is 3.70. The molecule has 0 saturated heterocycles. The Morgan fingerprint density at radius 3 is 2.53 bits per heavy atom. The first-order valence-corrected chi connectivity index (χ1v) is 6.94. The summed E-state index contributed by atoms with van der Waals surface area (Å²) >= 11 is 1.80. The van der Waals surface area contributed by atoms with Gasteiger partial charge in [0.05, 0.1) is 0 Å². The fourth-order valence-corrected chi connectivity index (χ4v) is 2.93. The maximum Gasteiger partial charge on any atom is 0.00952 e. The SMILES string of the molecule is CCC(CC)C(CCc1ccsc1)NC. The number of aryl methyl sites for hydroxylation is 1. The Balaban J connectivity index is 2.39. The molecular weight excluding hydrogens is 202 g/mol. The van der Waals surface area contributed by atoms with Gasteiger partial charge in [0.25, 0.3) is 0 Å². The Morgan fingerprint density at radius 1 is 1.33 bits per heavy atom. The minimum absolute atomic E-state index is 0.680. The van der Waals surface area contributed by atoms with E-state index in [1.807, 2.05) is 0 Å². The standard InChI is InChI=1S/C13H23NS/c1-4-12(5-2)13(14-3)7-6-11-8-9-15-10-11/h8-10,12-14H,4-7H2,1-3H3. The van der Waals surface area contributed by atoms with Crippen LogP contribution in [0.3, 0.4) is 0 Å². The van der Waals surface area contributed by atoms with Crippen LogP contribution in [-0.2, 0) is 6.42 Å². The summed E-state index contributed by atoms with van der Waals surface area (Å²) < 4.78 is 0. The lowest BCUT2D eigenvalue weighted by Gasteiger charge is -2.24. The van der Waals surface area contributed by atoms with Crippen molar-refractivity contribution in [3.8, 4) is 0 Å². The van der Waals surface area contributed by atoms with Gasteiger partial charge in [0.2, 0.25) is 0 Å². The summed E-state index contributed by atoms with van der Waals surface area (Å²) in [6, 6.07) is 2.92. The van der Waals surface area contributed by atoms with E-state index in [1.165, 1.54) is 31.2 Å². The number of rotatable bonds is 7. The molecule has 1 rings (SSSR count). The van der Waals surface area contributed by atoms with Gasteiger partial charge in [-0.15, -0.1) is 0 Å². The number of nitrogens with one attached hydrogen (secondary N) is 1. The first-order chi connectivity index (χ1) is 7.31. The summed E-state index contributed by atoms with van der Waals surface area (Å²) in [5.41, 5.74) is 1.49. The number of hydrogen-bond donors (Lipinski definition) is 1. The van der Waals surface area contributed by atoms with Crippen LogP contribution in [0.2, 0.25) is 0 Å². The first-order valence-electron chi connectivity index (χ1n) is 6.00. The second-order valence-electron chi connectivity index (χ2n) is 4.14. The van der Waals surface area contributed by atoms with E-state index < -0.39 is 0 Å². The summed E-state index contributed by atoms with van der Waals surface area (Å²) in [6.45, 7) is 4.59. The Morgan fingerprint density at radius 2 is 2.07 bits per heavy atom. The van der Waals surface area contributed by atoms with E-state index in [0.29, 0.717) is 6.04 Å². The number of thiophene rings is 1. The van der Waals surface area contributed by atoms with E-state index in [9.17, 15) is 0 Å². The largest absolute Gasteiger partial charge is 0.317 e. The van der Waals surface area contributed by atoms with Gasteiger partial charge in [-0.2, -0.15) is 11.3 Å². The van der Waals surface area contributed by atoms with Crippen molar-refractivity contribution in [2.45, 2.75) is 45.6 Å². The molecule has 1 heterocycles. The molecule has 0 radical (unpaired) electrons. The van der Waals surface area contributed by atoms with Crippen LogP contribution in [0.1, 0.15) is 38.7 Å². The smallest absolute Gasteiger partial charge is 0.00952 e. The zero-order chi connectivity index (χ0) is 11.1. The molecule has 0 aliphatic rings. The molecule has 1 nitrogen and oxygen atoms in total. The molecule has 2 heteroatoms.